The summed E-state index contributed by atoms with van der Waals surface area (Å²) >= 11 is 1.67. The van der Waals surface area contributed by atoms with Gasteiger partial charge in [0, 0.05) is 23.2 Å². The highest BCUT2D eigenvalue weighted by molar-refractivity contribution is 7.09. The Kier molecular flexibility index (Phi) is 5.05. The molecule has 1 aromatic carbocycles. The Hall–Kier alpha value is -2.21. The third-order valence-electron chi connectivity index (χ3n) is 3.04. The molecule has 0 atom stereocenters. The zero-order valence-electron chi connectivity index (χ0n) is 12.0. The number of ether oxygens (including phenoxy) is 2. The normalized spacial score (nSPS) is 10.2. The van der Waals surface area contributed by atoms with Gasteiger partial charge in [0.1, 0.15) is 0 Å². The lowest BCUT2D eigenvalue weighted by atomic mass is 10.1. The molecule has 0 radical (unpaired) electrons. The van der Waals surface area contributed by atoms with Gasteiger partial charge in [-0.15, -0.1) is 11.3 Å². The molecule has 0 saturated carbocycles. The van der Waals surface area contributed by atoms with Crippen molar-refractivity contribution in [1.29, 1.82) is 0 Å². The van der Waals surface area contributed by atoms with Crippen LogP contribution in [0, 0.1) is 0 Å². The molecule has 0 spiro atoms. The molecule has 0 aliphatic rings. The summed E-state index contributed by atoms with van der Waals surface area (Å²) in [6, 6.07) is 7.22. The molecule has 6 heteroatoms. The average Bonchev–Trinajstić information content (AvgIpc) is 3.00. The van der Waals surface area contributed by atoms with Crippen molar-refractivity contribution in [3.63, 3.8) is 0 Å². The van der Waals surface area contributed by atoms with E-state index in [0.717, 1.165) is 6.42 Å². The van der Waals surface area contributed by atoms with Crippen LogP contribution in [0.15, 0.2) is 29.6 Å². The van der Waals surface area contributed by atoms with Gasteiger partial charge in [0.05, 0.1) is 19.8 Å². The number of nitrogens with one attached hydrogen (secondary N) is 1. The van der Waals surface area contributed by atoms with E-state index in [-0.39, 0.29) is 5.91 Å². The van der Waals surface area contributed by atoms with Crippen molar-refractivity contribution < 1.29 is 14.3 Å². The number of rotatable bonds is 6. The Bertz CT molecular complexity index is 612. The van der Waals surface area contributed by atoms with E-state index in [1.807, 2.05) is 17.5 Å². The van der Waals surface area contributed by atoms with Crippen molar-refractivity contribution >= 4 is 22.9 Å². The van der Waals surface area contributed by atoms with Crippen LogP contribution in [0.4, 0.5) is 5.69 Å². The number of hydrogen-bond donors (Lipinski definition) is 2. The fraction of sp³-hybridized carbons (Fsp3) is 0.267. The van der Waals surface area contributed by atoms with Gasteiger partial charge in [-0.3, -0.25) is 4.79 Å². The van der Waals surface area contributed by atoms with E-state index >= 15 is 0 Å². The van der Waals surface area contributed by atoms with Crippen LogP contribution in [0.3, 0.4) is 0 Å². The van der Waals surface area contributed by atoms with Gasteiger partial charge in [-0.2, -0.15) is 0 Å². The zero-order valence-corrected chi connectivity index (χ0v) is 12.8. The van der Waals surface area contributed by atoms with Crippen molar-refractivity contribution in [2.45, 2.75) is 6.42 Å². The summed E-state index contributed by atoms with van der Waals surface area (Å²) in [6.07, 6.45) is 0.802. The first-order valence-corrected chi connectivity index (χ1v) is 7.35. The highest BCUT2D eigenvalue weighted by Gasteiger charge is 2.14. The first kappa shape index (κ1) is 15.2. The number of benzene rings is 1. The molecule has 21 heavy (non-hydrogen) atoms. The number of carbonyl (C=O) groups excluding carboxylic acids is 1. The van der Waals surface area contributed by atoms with E-state index in [9.17, 15) is 4.79 Å². The minimum atomic E-state index is -0.218. The number of methoxy groups -OCH3 is 2. The van der Waals surface area contributed by atoms with Crippen molar-refractivity contribution in [2.24, 2.45) is 0 Å². The molecule has 112 valence electrons. The number of thiophene rings is 1. The van der Waals surface area contributed by atoms with Crippen LogP contribution >= 0.6 is 11.3 Å². The summed E-state index contributed by atoms with van der Waals surface area (Å²) in [5.74, 6) is 0.769. The molecule has 1 heterocycles. The fourth-order valence-electron chi connectivity index (χ4n) is 1.94. The Labute approximate surface area is 127 Å². The average molecular weight is 306 g/mol. The van der Waals surface area contributed by atoms with Crippen LogP contribution in [-0.4, -0.2) is 26.7 Å². The SMILES string of the molecule is COc1cc(N)c(C(=O)NCCc2cccs2)cc1OC. The van der Waals surface area contributed by atoms with Crippen LogP contribution in [-0.2, 0) is 6.42 Å². The first-order chi connectivity index (χ1) is 10.2. The molecule has 0 aliphatic heterocycles. The topological polar surface area (TPSA) is 73.6 Å². The molecule has 5 nitrogen and oxygen atoms in total. The quantitative estimate of drug-likeness (QED) is 0.803. The van der Waals surface area contributed by atoms with E-state index in [2.05, 4.69) is 5.32 Å². The fourth-order valence-corrected chi connectivity index (χ4v) is 2.65. The van der Waals surface area contributed by atoms with E-state index < -0.39 is 0 Å². The van der Waals surface area contributed by atoms with Crippen LogP contribution in [0.1, 0.15) is 15.2 Å². The van der Waals surface area contributed by atoms with E-state index in [0.29, 0.717) is 29.3 Å². The van der Waals surface area contributed by atoms with Crippen LogP contribution < -0.4 is 20.5 Å². The third-order valence-corrected chi connectivity index (χ3v) is 3.97. The number of hydrogen-bond acceptors (Lipinski definition) is 5. The largest absolute Gasteiger partial charge is 0.493 e. The molecule has 3 N–H and O–H groups in total. The molecule has 1 amide bonds. The lowest BCUT2D eigenvalue weighted by molar-refractivity contribution is 0.0954. The molecule has 0 bridgehead atoms. The lowest BCUT2D eigenvalue weighted by Crippen LogP contribution is -2.26. The second-order valence-electron chi connectivity index (χ2n) is 4.38. The maximum absolute atomic E-state index is 12.2. The second-order valence-corrected chi connectivity index (χ2v) is 5.41. The van der Waals surface area contributed by atoms with Crippen LogP contribution in [0.25, 0.3) is 0 Å². The van der Waals surface area contributed by atoms with Gasteiger partial charge in [0.15, 0.2) is 11.5 Å². The van der Waals surface area contributed by atoms with E-state index in [1.54, 1.807) is 23.5 Å². The van der Waals surface area contributed by atoms with Gasteiger partial charge in [0.25, 0.3) is 5.91 Å². The highest BCUT2D eigenvalue weighted by atomic mass is 32.1. The Morgan fingerprint density at radius 2 is 2.00 bits per heavy atom. The molecule has 0 fully saturated rings. The van der Waals surface area contributed by atoms with Crippen molar-refractivity contribution in [1.82, 2.24) is 5.32 Å². The first-order valence-electron chi connectivity index (χ1n) is 6.47. The summed E-state index contributed by atoms with van der Waals surface area (Å²) in [6.45, 7) is 0.563. The lowest BCUT2D eigenvalue weighted by Gasteiger charge is -2.12. The predicted octanol–water partition coefficient (Wildman–Crippen LogP) is 2.32. The molecule has 0 aliphatic carbocycles. The molecule has 0 saturated heterocycles. The zero-order chi connectivity index (χ0) is 15.2. The highest BCUT2D eigenvalue weighted by Crippen LogP contribution is 2.31. The maximum atomic E-state index is 12.2. The van der Waals surface area contributed by atoms with Gasteiger partial charge in [-0.05, 0) is 23.9 Å². The van der Waals surface area contributed by atoms with Gasteiger partial charge < -0.3 is 20.5 Å². The minimum absolute atomic E-state index is 0.218. The molecule has 2 aromatic rings. The number of amides is 1. The van der Waals surface area contributed by atoms with Crippen LogP contribution in [0.5, 0.6) is 11.5 Å². The smallest absolute Gasteiger partial charge is 0.253 e. The molecule has 0 unspecified atom stereocenters. The summed E-state index contributed by atoms with van der Waals surface area (Å²) in [4.78, 5) is 13.4. The summed E-state index contributed by atoms with van der Waals surface area (Å²) in [7, 11) is 3.05. The van der Waals surface area contributed by atoms with Crippen LogP contribution in [0.2, 0.25) is 0 Å². The third kappa shape index (κ3) is 3.66. The van der Waals surface area contributed by atoms with Crippen molar-refractivity contribution in [3.8, 4) is 11.5 Å². The van der Waals surface area contributed by atoms with Gasteiger partial charge in [-0.1, -0.05) is 6.07 Å². The summed E-state index contributed by atoms with van der Waals surface area (Å²) < 4.78 is 10.3. The number of carbonyl (C=O) groups is 1. The monoisotopic (exact) mass is 306 g/mol. The second kappa shape index (κ2) is 6.99. The molecule has 1 aromatic heterocycles. The molecular formula is C15H18N2O3S. The maximum Gasteiger partial charge on any atom is 0.253 e. The van der Waals surface area contributed by atoms with Crippen molar-refractivity contribution in [2.75, 3.05) is 26.5 Å². The van der Waals surface area contributed by atoms with Gasteiger partial charge in [0.2, 0.25) is 0 Å². The number of anilines is 1. The Morgan fingerprint density at radius 1 is 1.29 bits per heavy atom. The summed E-state index contributed by atoms with van der Waals surface area (Å²) in [5, 5.41) is 4.88. The summed E-state index contributed by atoms with van der Waals surface area (Å²) in [5.41, 5.74) is 6.64. The number of nitrogens with two attached hydrogens (primary N) is 1. The Balaban J connectivity index is 2.04. The van der Waals surface area contributed by atoms with Crippen molar-refractivity contribution in [3.05, 3.63) is 40.1 Å². The van der Waals surface area contributed by atoms with E-state index in [1.165, 1.54) is 19.1 Å². The number of nitrogen functional groups attached to an aromatic ring is 1. The predicted molar refractivity (Wildman–Crippen MR) is 84.3 cm³/mol. The molecule has 2 rings (SSSR count). The van der Waals surface area contributed by atoms with Gasteiger partial charge in [-0.25, -0.2) is 0 Å². The Morgan fingerprint density at radius 3 is 2.62 bits per heavy atom. The molecular weight excluding hydrogens is 288 g/mol. The standard InChI is InChI=1S/C15H18N2O3S/c1-19-13-8-11(12(16)9-14(13)20-2)15(18)17-6-5-10-4-3-7-21-10/h3-4,7-9H,5-6,16H2,1-2H3,(H,17,18). The van der Waals surface area contributed by atoms with E-state index in [4.69, 9.17) is 15.2 Å². The van der Waals surface area contributed by atoms with Gasteiger partial charge >= 0.3 is 0 Å². The minimum Gasteiger partial charge on any atom is -0.493 e.